The molecule has 0 aliphatic rings. The van der Waals surface area contributed by atoms with Crippen molar-refractivity contribution < 1.29 is 5.11 Å². The fourth-order valence-electron chi connectivity index (χ4n) is 1.28. The minimum atomic E-state index is 0.280. The van der Waals surface area contributed by atoms with Crippen molar-refractivity contribution in [1.29, 1.82) is 0 Å². The molecule has 0 amide bonds. The van der Waals surface area contributed by atoms with E-state index in [-0.39, 0.29) is 5.75 Å². The maximum Gasteiger partial charge on any atom is 0.128 e. The fourth-order valence-corrected chi connectivity index (χ4v) is 2.37. The molecular formula is C11H11ClN2OS. The van der Waals surface area contributed by atoms with Crippen LogP contribution < -0.4 is 0 Å². The standard InChI is InChI=1S/C11H11ClN2OS/c1-14-10(12)6-13-11(14)7-16-9-4-2-3-8(15)5-9/h2-6,15H,7H2,1H3. The van der Waals surface area contributed by atoms with Crippen molar-refractivity contribution in [3.8, 4) is 5.75 Å². The Bertz CT molecular complexity index is 498. The van der Waals surface area contributed by atoms with E-state index in [9.17, 15) is 5.11 Å². The second kappa shape index (κ2) is 4.80. The summed E-state index contributed by atoms with van der Waals surface area (Å²) in [6.07, 6.45) is 1.64. The highest BCUT2D eigenvalue weighted by molar-refractivity contribution is 7.98. The number of benzene rings is 1. The average Bonchev–Trinajstić information content (AvgIpc) is 2.57. The van der Waals surface area contributed by atoms with Gasteiger partial charge < -0.3 is 9.67 Å². The highest BCUT2D eigenvalue weighted by atomic mass is 35.5. The van der Waals surface area contributed by atoms with Gasteiger partial charge in [-0.3, -0.25) is 0 Å². The third kappa shape index (κ3) is 2.51. The van der Waals surface area contributed by atoms with Crippen molar-refractivity contribution in [3.05, 3.63) is 41.4 Å². The Morgan fingerprint density at radius 1 is 1.50 bits per heavy atom. The Kier molecular flexibility index (Phi) is 3.41. The molecule has 1 N–H and O–H groups in total. The second-order valence-electron chi connectivity index (χ2n) is 3.34. The molecule has 0 saturated heterocycles. The van der Waals surface area contributed by atoms with E-state index in [0.717, 1.165) is 16.5 Å². The first-order valence-corrected chi connectivity index (χ1v) is 6.11. The van der Waals surface area contributed by atoms with Crippen LogP contribution in [0.25, 0.3) is 0 Å². The molecule has 16 heavy (non-hydrogen) atoms. The summed E-state index contributed by atoms with van der Waals surface area (Å²) in [5.41, 5.74) is 0. The molecule has 0 radical (unpaired) electrons. The summed E-state index contributed by atoms with van der Waals surface area (Å²) in [4.78, 5) is 5.21. The lowest BCUT2D eigenvalue weighted by Crippen LogP contribution is -1.95. The topological polar surface area (TPSA) is 38.0 Å². The van der Waals surface area contributed by atoms with Gasteiger partial charge in [0.1, 0.15) is 16.7 Å². The molecule has 5 heteroatoms. The highest BCUT2D eigenvalue weighted by Gasteiger charge is 2.05. The van der Waals surface area contributed by atoms with Gasteiger partial charge in [-0.25, -0.2) is 4.98 Å². The van der Waals surface area contributed by atoms with Crippen LogP contribution in [-0.4, -0.2) is 14.7 Å². The number of rotatable bonds is 3. The molecule has 0 aliphatic heterocycles. The second-order valence-corrected chi connectivity index (χ2v) is 4.78. The SMILES string of the molecule is Cn1c(Cl)cnc1CSc1cccc(O)c1. The van der Waals surface area contributed by atoms with E-state index in [2.05, 4.69) is 4.98 Å². The number of nitrogens with zero attached hydrogens (tertiary/aromatic N) is 2. The zero-order valence-electron chi connectivity index (χ0n) is 8.72. The maximum absolute atomic E-state index is 9.31. The van der Waals surface area contributed by atoms with Crippen LogP contribution >= 0.6 is 23.4 Å². The normalized spacial score (nSPS) is 10.6. The zero-order valence-corrected chi connectivity index (χ0v) is 10.3. The van der Waals surface area contributed by atoms with Gasteiger partial charge in [-0.2, -0.15) is 0 Å². The van der Waals surface area contributed by atoms with Crippen LogP contribution in [-0.2, 0) is 12.8 Å². The molecule has 1 heterocycles. The Morgan fingerprint density at radius 3 is 2.94 bits per heavy atom. The minimum Gasteiger partial charge on any atom is -0.508 e. The average molecular weight is 255 g/mol. The van der Waals surface area contributed by atoms with Crippen molar-refractivity contribution in [3.63, 3.8) is 0 Å². The molecular weight excluding hydrogens is 244 g/mol. The summed E-state index contributed by atoms with van der Waals surface area (Å²) in [5.74, 6) is 1.92. The summed E-state index contributed by atoms with van der Waals surface area (Å²) in [6, 6.07) is 7.16. The van der Waals surface area contributed by atoms with Crippen LogP contribution in [0.2, 0.25) is 5.15 Å². The Labute approximate surface area is 103 Å². The monoisotopic (exact) mass is 254 g/mol. The van der Waals surface area contributed by atoms with E-state index in [1.807, 2.05) is 23.7 Å². The van der Waals surface area contributed by atoms with Gasteiger partial charge in [-0.05, 0) is 18.2 Å². The van der Waals surface area contributed by atoms with Crippen LogP contribution in [0, 0.1) is 0 Å². The molecule has 0 atom stereocenters. The fraction of sp³-hybridized carbons (Fsp3) is 0.182. The van der Waals surface area contributed by atoms with E-state index < -0.39 is 0 Å². The first kappa shape index (κ1) is 11.4. The van der Waals surface area contributed by atoms with Crippen molar-refractivity contribution in [2.75, 3.05) is 0 Å². The number of aromatic nitrogens is 2. The number of phenols is 1. The largest absolute Gasteiger partial charge is 0.508 e. The number of imidazole rings is 1. The quantitative estimate of drug-likeness (QED) is 0.856. The van der Waals surface area contributed by atoms with Crippen LogP contribution in [0.3, 0.4) is 0 Å². The zero-order chi connectivity index (χ0) is 11.5. The number of hydrogen-bond donors (Lipinski definition) is 1. The predicted molar refractivity (Wildman–Crippen MR) is 65.9 cm³/mol. The highest BCUT2D eigenvalue weighted by Crippen LogP contribution is 2.25. The molecule has 0 spiro atoms. The van der Waals surface area contributed by atoms with Crippen LogP contribution in [0.1, 0.15) is 5.82 Å². The lowest BCUT2D eigenvalue weighted by Gasteiger charge is -2.03. The lowest BCUT2D eigenvalue weighted by molar-refractivity contribution is 0.474. The summed E-state index contributed by atoms with van der Waals surface area (Å²) in [6.45, 7) is 0. The Balaban J connectivity index is 2.05. The van der Waals surface area contributed by atoms with E-state index in [1.165, 1.54) is 0 Å². The number of halogens is 1. The molecule has 1 aromatic heterocycles. The molecule has 0 aliphatic carbocycles. The van der Waals surface area contributed by atoms with Crippen LogP contribution in [0.5, 0.6) is 5.75 Å². The van der Waals surface area contributed by atoms with Gasteiger partial charge in [-0.1, -0.05) is 17.7 Å². The summed E-state index contributed by atoms with van der Waals surface area (Å²) >= 11 is 7.50. The van der Waals surface area contributed by atoms with E-state index >= 15 is 0 Å². The van der Waals surface area contributed by atoms with Crippen molar-refractivity contribution in [1.82, 2.24) is 9.55 Å². The van der Waals surface area contributed by atoms with Crippen LogP contribution in [0.4, 0.5) is 0 Å². The van der Waals surface area contributed by atoms with E-state index in [0.29, 0.717) is 5.15 Å². The predicted octanol–water partition coefficient (Wildman–Crippen LogP) is 3.07. The van der Waals surface area contributed by atoms with E-state index in [4.69, 9.17) is 11.6 Å². The molecule has 1 aromatic carbocycles. The third-order valence-corrected chi connectivity index (χ3v) is 3.55. The van der Waals surface area contributed by atoms with Gasteiger partial charge in [0.25, 0.3) is 0 Å². The minimum absolute atomic E-state index is 0.280. The van der Waals surface area contributed by atoms with Crippen molar-refractivity contribution >= 4 is 23.4 Å². The first-order chi connectivity index (χ1) is 7.66. The first-order valence-electron chi connectivity index (χ1n) is 4.75. The summed E-state index contributed by atoms with van der Waals surface area (Å²) in [7, 11) is 1.88. The van der Waals surface area contributed by atoms with Gasteiger partial charge in [0.05, 0.1) is 11.9 Å². The number of thioether (sulfide) groups is 1. The Morgan fingerprint density at radius 2 is 2.31 bits per heavy atom. The molecule has 0 unspecified atom stereocenters. The third-order valence-electron chi connectivity index (χ3n) is 2.21. The van der Waals surface area contributed by atoms with Crippen LogP contribution in [0.15, 0.2) is 35.4 Å². The molecule has 3 nitrogen and oxygen atoms in total. The van der Waals surface area contributed by atoms with Gasteiger partial charge in [0, 0.05) is 11.9 Å². The van der Waals surface area contributed by atoms with Crippen molar-refractivity contribution in [2.45, 2.75) is 10.6 Å². The molecule has 0 saturated carbocycles. The van der Waals surface area contributed by atoms with Gasteiger partial charge in [0.15, 0.2) is 0 Å². The maximum atomic E-state index is 9.31. The smallest absolute Gasteiger partial charge is 0.128 e. The summed E-state index contributed by atoms with van der Waals surface area (Å²) < 4.78 is 1.84. The van der Waals surface area contributed by atoms with Gasteiger partial charge in [0.2, 0.25) is 0 Å². The number of hydrogen-bond acceptors (Lipinski definition) is 3. The van der Waals surface area contributed by atoms with E-state index in [1.54, 1.807) is 30.1 Å². The summed E-state index contributed by atoms with van der Waals surface area (Å²) in [5, 5.41) is 9.94. The number of phenolic OH excluding ortho intramolecular Hbond substituents is 1. The molecule has 2 rings (SSSR count). The Hall–Kier alpha value is -1.13. The molecule has 2 aromatic rings. The lowest BCUT2D eigenvalue weighted by atomic mass is 10.3. The van der Waals surface area contributed by atoms with Crippen molar-refractivity contribution in [2.24, 2.45) is 7.05 Å². The molecule has 0 fully saturated rings. The number of aromatic hydroxyl groups is 1. The van der Waals surface area contributed by atoms with Gasteiger partial charge in [-0.15, -0.1) is 11.8 Å². The van der Waals surface area contributed by atoms with Gasteiger partial charge >= 0.3 is 0 Å². The molecule has 84 valence electrons. The molecule has 0 bridgehead atoms.